The van der Waals surface area contributed by atoms with E-state index in [1.165, 1.54) is 0 Å². The molecule has 0 fully saturated rings. The van der Waals surface area contributed by atoms with E-state index in [4.69, 9.17) is 5.84 Å². The van der Waals surface area contributed by atoms with E-state index in [2.05, 4.69) is 42.2 Å². The molecule has 0 aliphatic carbocycles. The molecule has 0 aliphatic rings. The Morgan fingerprint density at radius 3 is 2.58 bits per heavy atom. The van der Waals surface area contributed by atoms with Crippen LogP contribution in [0.3, 0.4) is 0 Å². The van der Waals surface area contributed by atoms with Crippen LogP contribution in [-0.4, -0.2) is 9.97 Å². The maximum Gasteiger partial charge on any atom is 0.162 e. The number of nitrogens with one attached hydrogen (secondary N) is 1. The lowest BCUT2D eigenvalue weighted by Crippen LogP contribution is -2.11. The first-order chi connectivity index (χ1) is 9.10. The average molecular weight is 256 g/mol. The van der Waals surface area contributed by atoms with Crippen molar-refractivity contribution in [1.29, 1.82) is 0 Å². The van der Waals surface area contributed by atoms with Gasteiger partial charge in [-0.1, -0.05) is 38.1 Å². The van der Waals surface area contributed by atoms with Crippen LogP contribution in [0.5, 0.6) is 0 Å². The normalized spacial score (nSPS) is 10.8. The fraction of sp³-hybridized carbons (Fsp3) is 0.333. The number of anilines is 1. The molecule has 0 saturated carbocycles. The Balaban J connectivity index is 2.48. The summed E-state index contributed by atoms with van der Waals surface area (Å²) in [6.07, 6.45) is 0.913. The summed E-state index contributed by atoms with van der Waals surface area (Å²) >= 11 is 0. The minimum absolute atomic E-state index is 0.547. The predicted molar refractivity (Wildman–Crippen MR) is 78.6 cm³/mol. The molecular formula is C15H20N4. The third kappa shape index (κ3) is 3.29. The zero-order valence-electron chi connectivity index (χ0n) is 11.6. The zero-order valence-corrected chi connectivity index (χ0v) is 11.6. The van der Waals surface area contributed by atoms with E-state index in [0.29, 0.717) is 11.7 Å². The van der Waals surface area contributed by atoms with Gasteiger partial charge in [0.05, 0.1) is 0 Å². The van der Waals surface area contributed by atoms with E-state index in [-0.39, 0.29) is 0 Å². The molecule has 1 aromatic carbocycles. The van der Waals surface area contributed by atoms with Gasteiger partial charge in [0.15, 0.2) is 5.82 Å². The summed E-state index contributed by atoms with van der Waals surface area (Å²) < 4.78 is 0. The van der Waals surface area contributed by atoms with Crippen molar-refractivity contribution >= 4 is 5.82 Å². The summed E-state index contributed by atoms with van der Waals surface area (Å²) in [6.45, 7) is 6.40. The molecule has 100 valence electrons. The third-order valence-corrected chi connectivity index (χ3v) is 2.93. The van der Waals surface area contributed by atoms with Gasteiger partial charge in [-0.3, -0.25) is 0 Å². The highest BCUT2D eigenvalue weighted by atomic mass is 15.3. The van der Waals surface area contributed by atoms with Gasteiger partial charge in [-0.05, 0) is 24.8 Å². The van der Waals surface area contributed by atoms with Gasteiger partial charge in [0.2, 0.25) is 0 Å². The number of nitrogen functional groups attached to an aromatic ring is 1. The molecule has 19 heavy (non-hydrogen) atoms. The van der Waals surface area contributed by atoms with Gasteiger partial charge in [-0.2, -0.15) is 0 Å². The first-order valence-electron chi connectivity index (χ1n) is 6.50. The number of aryl methyl sites for hydroxylation is 1. The van der Waals surface area contributed by atoms with Crippen LogP contribution in [0.25, 0.3) is 11.4 Å². The van der Waals surface area contributed by atoms with E-state index in [9.17, 15) is 0 Å². The first kappa shape index (κ1) is 13.5. The summed E-state index contributed by atoms with van der Waals surface area (Å²) in [7, 11) is 0. The first-order valence-corrected chi connectivity index (χ1v) is 6.50. The Morgan fingerprint density at radius 2 is 1.95 bits per heavy atom. The number of hydrogen-bond acceptors (Lipinski definition) is 4. The molecule has 0 amide bonds. The number of nitrogens with zero attached hydrogens (tertiary/aromatic N) is 2. The second-order valence-electron chi connectivity index (χ2n) is 5.13. The van der Waals surface area contributed by atoms with Crippen LogP contribution in [0.15, 0.2) is 30.3 Å². The monoisotopic (exact) mass is 256 g/mol. The van der Waals surface area contributed by atoms with Crippen molar-refractivity contribution in [3.8, 4) is 11.4 Å². The van der Waals surface area contributed by atoms with Crippen molar-refractivity contribution in [3.63, 3.8) is 0 Å². The van der Waals surface area contributed by atoms with E-state index >= 15 is 0 Å². The van der Waals surface area contributed by atoms with E-state index < -0.39 is 0 Å². The van der Waals surface area contributed by atoms with Gasteiger partial charge in [-0.15, -0.1) is 0 Å². The number of benzene rings is 1. The molecule has 0 spiro atoms. The van der Waals surface area contributed by atoms with Gasteiger partial charge >= 0.3 is 0 Å². The fourth-order valence-electron chi connectivity index (χ4n) is 2.04. The van der Waals surface area contributed by atoms with Crippen molar-refractivity contribution in [3.05, 3.63) is 41.6 Å². The Kier molecular flexibility index (Phi) is 4.12. The van der Waals surface area contributed by atoms with Crippen LogP contribution < -0.4 is 11.3 Å². The van der Waals surface area contributed by atoms with Crippen LogP contribution in [0.2, 0.25) is 0 Å². The maximum atomic E-state index is 5.49. The number of hydrazine groups is 1. The van der Waals surface area contributed by atoms with Crippen LogP contribution in [0.4, 0.5) is 5.82 Å². The van der Waals surface area contributed by atoms with Crippen LogP contribution >= 0.6 is 0 Å². The number of hydrogen-bond donors (Lipinski definition) is 2. The maximum absolute atomic E-state index is 5.49. The van der Waals surface area contributed by atoms with E-state index in [1.54, 1.807) is 0 Å². The molecule has 1 heterocycles. The lowest BCUT2D eigenvalue weighted by Gasteiger charge is -2.10. The third-order valence-electron chi connectivity index (χ3n) is 2.93. The van der Waals surface area contributed by atoms with Gasteiger partial charge < -0.3 is 5.43 Å². The minimum atomic E-state index is 0.547. The van der Waals surface area contributed by atoms with Gasteiger partial charge in [0.25, 0.3) is 0 Å². The smallest absolute Gasteiger partial charge is 0.162 e. The highest BCUT2D eigenvalue weighted by Gasteiger charge is 2.09. The quantitative estimate of drug-likeness (QED) is 0.652. The van der Waals surface area contributed by atoms with Crippen LogP contribution in [-0.2, 0) is 6.42 Å². The topological polar surface area (TPSA) is 63.8 Å². The van der Waals surface area contributed by atoms with Crippen molar-refractivity contribution in [2.45, 2.75) is 27.2 Å². The van der Waals surface area contributed by atoms with Gasteiger partial charge in [-0.25, -0.2) is 15.8 Å². The van der Waals surface area contributed by atoms with Crippen molar-refractivity contribution in [2.75, 3.05) is 5.43 Å². The van der Waals surface area contributed by atoms with Crippen molar-refractivity contribution < 1.29 is 0 Å². The zero-order chi connectivity index (χ0) is 13.8. The summed E-state index contributed by atoms with van der Waals surface area (Å²) in [4.78, 5) is 9.09. The lowest BCUT2D eigenvalue weighted by molar-refractivity contribution is 0.635. The van der Waals surface area contributed by atoms with Crippen molar-refractivity contribution in [1.82, 2.24) is 9.97 Å². The average Bonchev–Trinajstić information content (AvgIpc) is 2.38. The predicted octanol–water partition coefficient (Wildman–Crippen LogP) is 2.94. The number of rotatable bonds is 4. The van der Waals surface area contributed by atoms with E-state index in [1.807, 2.05) is 24.3 Å². The molecular weight excluding hydrogens is 236 g/mol. The molecule has 4 nitrogen and oxygen atoms in total. The lowest BCUT2D eigenvalue weighted by atomic mass is 10.1. The second kappa shape index (κ2) is 5.80. The van der Waals surface area contributed by atoms with Crippen molar-refractivity contribution in [2.24, 2.45) is 11.8 Å². The second-order valence-corrected chi connectivity index (χ2v) is 5.13. The number of nitrogens with two attached hydrogens (primary N) is 1. The molecule has 2 rings (SSSR count). The molecule has 1 aromatic heterocycles. The highest BCUT2D eigenvalue weighted by molar-refractivity contribution is 5.61. The largest absolute Gasteiger partial charge is 0.308 e. The summed E-state index contributed by atoms with van der Waals surface area (Å²) in [6, 6.07) is 10.0. The standard InChI is InChI=1S/C15H20N4/c1-10(2)8-12-9-14(19-16)18-15(17-12)13-7-5-4-6-11(13)3/h4-7,9-10H,8,16H2,1-3H3,(H,17,18,19). The molecule has 0 unspecified atom stereocenters. The molecule has 0 atom stereocenters. The summed E-state index contributed by atoms with van der Waals surface area (Å²) in [5.41, 5.74) is 5.83. The Bertz CT molecular complexity index is 564. The SMILES string of the molecule is Cc1ccccc1-c1nc(CC(C)C)cc(NN)n1. The summed E-state index contributed by atoms with van der Waals surface area (Å²) in [5.74, 6) is 7.42. The Hall–Kier alpha value is -1.94. The highest BCUT2D eigenvalue weighted by Crippen LogP contribution is 2.22. The Labute approximate surface area is 114 Å². The van der Waals surface area contributed by atoms with E-state index in [0.717, 1.165) is 29.1 Å². The fourth-order valence-corrected chi connectivity index (χ4v) is 2.04. The molecule has 0 radical (unpaired) electrons. The molecule has 3 N–H and O–H groups in total. The van der Waals surface area contributed by atoms with Gasteiger partial charge in [0, 0.05) is 17.3 Å². The molecule has 2 aromatic rings. The molecule has 0 bridgehead atoms. The Morgan fingerprint density at radius 1 is 1.21 bits per heavy atom. The van der Waals surface area contributed by atoms with Gasteiger partial charge in [0.1, 0.15) is 5.82 Å². The molecule has 0 saturated heterocycles. The van der Waals surface area contributed by atoms with Crippen LogP contribution in [0.1, 0.15) is 25.1 Å². The number of aromatic nitrogens is 2. The molecule has 0 aliphatic heterocycles. The minimum Gasteiger partial charge on any atom is -0.308 e. The molecule has 4 heteroatoms. The van der Waals surface area contributed by atoms with Crippen LogP contribution in [0, 0.1) is 12.8 Å². The summed E-state index contributed by atoms with van der Waals surface area (Å²) in [5, 5.41) is 0.